The maximum atomic E-state index is 12.6. The van der Waals surface area contributed by atoms with Gasteiger partial charge in [-0.25, -0.2) is 9.59 Å². The Morgan fingerprint density at radius 2 is 1.77 bits per heavy atom. The van der Waals surface area contributed by atoms with E-state index >= 15 is 0 Å². The molecule has 0 saturated carbocycles. The lowest BCUT2D eigenvalue weighted by Crippen LogP contribution is -2.14. The minimum absolute atomic E-state index is 0.240. The molecule has 0 N–H and O–H groups in total. The highest BCUT2D eigenvalue weighted by atomic mass is 35.5. The number of anilines is 2. The number of para-hydroxylation sites is 1. The fraction of sp³-hybridized carbons (Fsp3) is 0.0833. The van der Waals surface area contributed by atoms with Gasteiger partial charge in [0.2, 0.25) is 0 Å². The molecule has 7 heteroatoms. The summed E-state index contributed by atoms with van der Waals surface area (Å²) in [5.74, 6) is 0.0699. The SMILES string of the molecule is COc1ccc(N(C)c2cc(=O)oc3ccccc23)cc1OC(=O)c1cccc(Cl)c1. The molecule has 156 valence electrons. The minimum Gasteiger partial charge on any atom is -0.493 e. The first kappa shape index (κ1) is 20.5. The number of carbonyl (C=O) groups excluding carboxylic acids is 1. The van der Waals surface area contributed by atoms with E-state index in [0.29, 0.717) is 33.3 Å². The van der Waals surface area contributed by atoms with E-state index in [9.17, 15) is 9.59 Å². The van der Waals surface area contributed by atoms with Crippen molar-refractivity contribution in [2.45, 2.75) is 0 Å². The van der Waals surface area contributed by atoms with Gasteiger partial charge in [-0.1, -0.05) is 29.8 Å². The van der Waals surface area contributed by atoms with Crippen LogP contribution in [0.15, 0.2) is 82.0 Å². The summed E-state index contributed by atoms with van der Waals surface area (Å²) < 4.78 is 16.2. The Kier molecular flexibility index (Phi) is 5.64. The molecule has 0 aliphatic carbocycles. The lowest BCUT2D eigenvalue weighted by molar-refractivity contribution is 0.0730. The maximum Gasteiger partial charge on any atom is 0.343 e. The number of rotatable bonds is 5. The number of methoxy groups -OCH3 is 1. The predicted octanol–water partition coefficient (Wildman–Crippen LogP) is 5.44. The first-order valence-corrected chi connectivity index (χ1v) is 9.76. The van der Waals surface area contributed by atoms with Gasteiger partial charge in [0.05, 0.1) is 18.4 Å². The zero-order valence-corrected chi connectivity index (χ0v) is 17.6. The molecule has 4 aromatic rings. The van der Waals surface area contributed by atoms with Crippen molar-refractivity contribution in [1.82, 2.24) is 0 Å². The summed E-state index contributed by atoms with van der Waals surface area (Å²) in [5.41, 5.74) is 1.69. The van der Waals surface area contributed by atoms with Crippen molar-refractivity contribution in [1.29, 1.82) is 0 Å². The van der Waals surface area contributed by atoms with Crippen LogP contribution in [0.5, 0.6) is 11.5 Å². The molecule has 0 spiro atoms. The van der Waals surface area contributed by atoms with Gasteiger partial charge >= 0.3 is 11.6 Å². The van der Waals surface area contributed by atoms with Crippen LogP contribution in [-0.2, 0) is 0 Å². The van der Waals surface area contributed by atoms with E-state index in [1.165, 1.54) is 19.2 Å². The standard InChI is InChI=1S/C24H18ClNO5/c1-26(19-14-23(27)30-20-9-4-3-8-18(19)20)17-10-11-21(29-2)22(13-17)31-24(28)15-6-5-7-16(25)12-15/h3-14H,1-2H3. The molecule has 3 aromatic carbocycles. The Hall–Kier alpha value is -3.77. The van der Waals surface area contributed by atoms with Crippen LogP contribution in [0.2, 0.25) is 5.02 Å². The highest BCUT2D eigenvalue weighted by Gasteiger charge is 2.17. The van der Waals surface area contributed by atoms with Crippen molar-refractivity contribution in [3.8, 4) is 11.5 Å². The van der Waals surface area contributed by atoms with Crippen molar-refractivity contribution in [2.24, 2.45) is 0 Å². The van der Waals surface area contributed by atoms with E-state index < -0.39 is 11.6 Å². The van der Waals surface area contributed by atoms with Crippen LogP contribution in [-0.4, -0.2) is 20.1 Å². The average molecular weight is 436 g/mol. The fourth-order valence-electron chi connectivity index (χ4n) is 3.24. The third-order valence-electron chi connectivity index (χ3n) is 4.79. The van der Waals surface area contributed by atoms with Crippen molar-refractivity contribution < 1.29 is 18.7 Å². The summed E-state index contributed by atoms with van der Waals surface area (Å²) in [6.07, 6.45) is 0. The quantitative estimate of drug-likeness (QED) is 0.236. The number of halogens is 1. The lowest BCUT2D eigenvalue weighted by atomic mass is 10.1. The number of ether oxygens (including phenoxy) is 2. The summed E-state index contributed by atoms with van der Waals surface area (Å²) in [5, 5.41) is 1.21. The van der Waals surface area contributed by atoms with E-state index in [1.54, 1.807) is 48.5 Å². The van der Waals surface area contributed by atoms with E-state index in [2.05, 4.69) is 0 Å². The predicted molar refractivity (Wildman–Crippen MR) is 120 cm³/mol. The van der Waals surface area contributed by atoms with E-state index in [-0.39, 0.29) is 5.75 Å². The van der Waals surface area contributed by atoms with Gasteiger partial charge in [0.15, 0.2) is 11.5 Å². The maximum absolute atomic E-state index is 12.6. The summed E-state index contributed by atoms with van der Waals surface area (Å²) in [6, 6.07) is 20.4. The van der Waals surface area contributed by atoms with Gasteiger partial charge in [0.25, 0.3) is 0 Å². The molecule has 0 bridgehead atoms. The smallest absolute Gasteiger partial charge is 0.343 e. The summed E-state index contributed by atoms with van der Waals surface area (Å²) >= 11 is 5.97. The first-order valence-electron chi connectivity index (χ1n) is 9.38. The molecule has 0 fully saturated rings. The molecule has 31 heavy (non-hydrogen) atoms. The Balaban J connectivity index is 1.72. The van der Waals surface area contributed by atoms with Gasteiger partial charge in [-0.2, -0.15) is 0 Å². The third kappa shape index (κ3) is 4.25. The largest absolute Gasteiger partial charge is 0.493 e. The topological polar surface area (TPSA) is 69.0 Å². The van der Waals surface area contributed by atoms with Crippen molar-refractivity contribution >= 4 is 39.9 Å². The number of nitrogens with zero attached hydrogens (tertiary/aromatic N) is 1. The Morgan fingerprint density at radius 3 is 2.55 bits per heavy atom. The molecule has 4 rings (SSSR count). The lowest BCUT2D eigenvalue weighted by Gasteiger charge is -2.22. The Labute approximate surface area is 183 Å². The van der Waals surface area contributed by atoms with E-state index in [4.69, 9.17) is 25.5 Å². The molecule has 0 amide bonds. The zero-order valence-electron chi connectivity index (χ0n) is 16.8. The van der Waals surface area contributed by atoms with Crippen LogP contribution in [0.1, 0.15) is 10.4 Å². The van der Waals surface area contributed by atoms with Gasteiger partial charge in [-0.15, -0.1) is 0 Å². The molecular weight excluding hydrogens is 418 g/mol. The second-order valence-electron chi connectivity index (χ2n) is 6.74. The summed E-state index contributed by atoms with van der Waals surface area (Å²) in [7, 11) is 3.30. The molecule has 6 nitrogen and oxygen atoms in total. The van der Waals surface area contributed by atoms with Crippen molar-refractivity contribution in [3.63, 3.8) is 0 Å². The molecule has 1 aromatic heterocycles. The van der Waals surface area contributed by atoms with Crippen LogP contribution in [0, 0.1) is 0 Å². The number of hydrogen-bond donors (Lipinski definition) is 0. The van der Waals surface area contributed by atoms with Gasteiger partial charge in [-0.05, 0) is 42.5 Å². The second-order valence-corrected chi connectivity index (χ2v) is 7.18. The average Bonchev–Trinajstić information content (AvgIpc) is 2.78. The van der Waals surface area contributed by atoms with Crippen LogP contribution < -0.4 is 20.0 Å². The van der Waals surface area contributed by atoms with E-state index in [1.807, 2.05) is 24.1 Å². The molecule has 0 aliphatic rings. The van der Waals surface area contributed by atoms with Crippen LogP contribution >= 0.6 is 11.6 Å². The summed E-state index contributed by atoms with van der Waals surface area (Å²) in [6.45, 7) is 0. The minimum atomic E-state index is -0.564. The Morgan fingerprint density at radius 1 is 0.968 bits per heavy atom. The molecule has 0 saturated heterocycles. The number of carbonyl (C=O) groups is 1. The highest BCUT2D eigenvalue weighted by Crippen LogP contribution is 2.36. The molecular formula is C24H18ClNO5. The Bertz CT molecular complexity index is 1330. The molecule has 0 aliphatic heterocycles. The van der Waals surface area contributed by atoms with Crippen molar-refractivity contribution in [2.75, 3.05) is 19.1 Å². The third-order valence-corrected chi connectivity index (χ3v) is 5.02. The fourth-order valence-corrected chi connectivity index (χ4v) is 3.43. The first-order chi connectivity index (χ1) is 15.0. The molecule has 1 heterocycles. The summed E-state index contributed by atoms with van der Waals surface area (Å²) in [4.78, 5) is 26.5. The van der Waals surface area contributed by atoms with Crippen LogP contribution in [0.25, 0.3) is 11.0 Å². The van der Waals surface area contributed by atoms with Crippen molar-refractivity contribution in [3.05, 3.63) is 93.8 Å². The highest BCUT2D eigenvalue weighted by molar-refractivity contribution is 6.30. The van der Waals surface area contributed by atoms with Gasteiger partial charge in [0, 0.05) is 35.3 Å². The number of fused-ring (bicyclic) bond motifs is 1. The number of hydrogen-bond acceptors (Lipinski definition) is 6. The van der Waals surface area contributed by atoms with E-state index in [0.717, 1.165) is 5.39 Å². The van der Waals surface area contributed by atoms with Gasteiger partial charge < -0.3 is 18.8 Å². The second kappa shape index (κ2) is 8.53. The molecule has 0 atom stereocenters. The normalized spacial score (nSPS) is 10.7. The monoisotopic (exact) mass is 435 g/mol. The number of esters is 1. The zero-order chi connectivity index (χ0) is 22.0. The number of benzene rings is 3. The molecule has 0 unspecified atom stereocenters. The molecule has 0 radical (unpaired) electrons. The van der Waals surface area contributed by atoms with Crippen LogP contribution in [0.4, 0.5) is 11.4 Å². The van der Waals surface area contributed by atoms with Gasteiger partial charge in [0.1, 0.15) is 5.58 Å². The van der Waals surface area contributed by atoms with Crippen LogP contribution in [0.3, 0.4) is 0 Å². The van der Waals surface area contributed by atoms with Gasteiger partial charge in [-0.3, -0.25) is 0 Å².